The van der Waals surface area contributed by atoms with Gasteiger partial charge in [0.2, 0.25) is 11.8 Å². The molecule has 11 nitrogen and oxygen atoms in total. The van der Waals surface area contributed by atoms with Crippen molar-refractivity contribution in [2.24, 2.45) is 11.8 Å². The number of ether oxygens (including phenoxy) is 2. The molecule has 1 unspecified atom stereocenters. The summed E-state index contributed by atoms with van der Waals surface area (Å²) in [5.41, 5.74) is 0. The molecule has 0 spiro atoms. The van der Waals surface area contributed by atoms with Crippen LogP contribution in [0, 0.1) is 11.8 Å². The van der Waals surface area contributed by atoms with Crippen molar-refractivity contribution >= 4 is 29.4 Å². The average Bonchev–Trinajstić information content (AvgIpc) is 3.23. The van der Waals surface area contributed by atoms with Gasteiger partial charge in [0.25, 0.3) is 0 Å². The van der Waals surface area contributed by atoms with E-state index in [1.807, 2.05) is 5.32 Å². The molecule has 0 bridgehead atoms. The molecule has 0 radical (unpaired) electrons. The predicted molar refractivity (Wildman–Crippen MR) is 114 cm³/mol. The molecule has 0 aromatic heterocycles. The van der Waals surface area contributed by atoms with E-state index in [0.29, 0.717) is 26.1 Å². The van der Waals surface area contributed by atoms with Gasteiger partial charge in [-0.25, -0.2) is 0 Å². The quantitative estimate of drug-likeness (QED) is 0.206. The number of Topliss-reactive ketones (excluding diaryl/α,β-unsaturated/α-hetero) is 1. The zero-order valence-electron chi connectivity index (χ0n) is 20.0. The van der Waals surface area contributed by atoms with Crippen molar-refractivity contribution < 1.29 is 59.8 Å². The van der Waals surface area contributed by atoms with Gasteiger partial charge in [0.15, 0.2) is 5.78 Å². The van der Waals surface area contributed by atoms with E-state index < -0.39 is 73.1 Å². The van der Waals surface area contributed by atoms with E-state index in [0.717, 1.165) is 0 Å². The molecule has 17 heteroatoms. The van der Waals surface area contributed by atoms with Crippen LogP contribution >= 0.6 is 0 Å². The average molecular weight is 562 g/mol. The second-order valence-electron chi connectivity index (χ2n) is 8.89. The Labute approximate surface area is 212 Å². The fourth-order valence-corrected chi connectivity index (χ4v) is 3.98. The number of carbonyl (C=O) groups excluding carboxylic acids is 5. The van der Waals surface area contributed by atoms with E-state index in [1.54, 1.807) is 0 Å². The highest BCUT2D eigenvalue weighted by Crippen LogP contribution is 2.22. The minimum Gasteiger partial charge on any atom is -0.381 e. The topological polar surface area (TPSA) is 152 Å². The van der Waals surface area contributed by atoms with Crippen molar-refractivity contribution in [2.75, 3.05) is 32.9 Å². The van der Waals surface area contributed by atoms with E-state index >= 15 is 0 Å². The van der Waals surface area contributed by atoms with Gasteiger partial charge in [-0.3, -0.25) is 28.7 Å². The van der Waals surface area contributed by atoms with E-state index in [2.05, 4.69) is 15.4 Å². The molecule has 38 heavy (non-hydrogen) atoms. The highest BCUT2D eigenvalue weighted by Gasteiger charge is 2.37. The summed E-state index contributed by atoms with van der Waals surface area (Å²) in [4.78, 5) is 61.5. The summed E-state index contributed by atoms with van der Waals surface area (Å²) in [6, 6.07) is -3.15. The van der Waals surface area contributed by atoms with Gasteiger partial charge in [-0.2, -0.15) is 13.2 Å². The van der Waals surface area contributed by atoms with Crippen LogP contribution in [0.5, 0.6) is 0 Å². The highest BCUT2D eigenvalue weighted by atomic mass is 19.4. The Bertz CT molecular complexity index is 877. The van der Waals surface area contributed by atoms with Gasteiger partial charge >= 0.3 is 24.4 Å². The first-order valence-corrected chi connectivity index (χ1v) is 11.7. The first-order valence-electron chi connectivity index (χ1n) is 11.7. The summed E-state index contributed by atoms with van der Waals surface area (Å²) in [7, 11) is 0. The molecule has 3 atom stereocenters. The minimum atomic E-state index is -5.14. The van der Waals surface area contributed by atoms with Crippen LogP contribution < -0.4 is 21.3 Å². The molecule has 216 valence electrons. The number of nitrogens with one attached hydrogen (secondary N) is 4. The van der Waals surface area contributed by atoms with Crippen LogP contribution in [0.2, 0.25) is 0 Å². The van der Waals surface area contributed by atoms with Gasteiger partial charge in [0.05, 0.1) is 6.04 Å². The third-order valence-corrected chi connectivity index (χ3v) is 5.95. The fraction of sp³-hybridized carbons (Fsp3) is 0.762. The van der Waals surface area contributed by atoms with Crippen LogP contribution in [0.1, 0.15) is 32.1 Å². The lowest BCUT2D eigenvalue weighted by atomic mass is 9.91. The molecule has 4 N–H and O–H groups in total. The fourth-order valence-electron chi connectivity index (χ4n) is 3.98. The lowest BCUT2D eigenvalue weighted by Crippen LogP contribution is -2.55. The van der Waals surface area contributed by atoms with Crippen LogP contribution in [0.3, 0.4) is 0 Å². The number of hydrogen-bond donors (Lipinski definition) is 4. The van der Waals surface area contributed by atoms with Crippen molar-refractivity contribution in [3.63, 3.8) is 0 Å². The summed E-state index contributed by atoms with van der Waals surface area (Å²) in [5.74, 6) is -6.98. The van der Waals surface area contributed by atoms with Crippen molar-refractivity contribution in [1.82, 2.24) is 21.3 Å². The summed E-state index contributed by atoms with van der Waals surface area (Å²) >= 11 is 0. The molecule has 0 aromatic rings. The molecule has 2 aliphatic rings. The Morgan fingerprint density at radius 3 is 2.16 bits per heavy atom. The molecular weight excluding hydrogens is 534 g/mol. The first-order chi connectivity index (χ1) is 17.6. The van der Waals surface area contributed by atoms with Crippen LogP contribution in [0.4, 0.5) is 26.3 Å². The van der Waals surface area contributed by atoms with Gasteiger partial charge in [0.1, 0.15) is 19.2 Å². The molecule has 2 aliphatic heterocycles. The zero-order valence-corrected chi connectivity index (χ0v) is 20.0. The standard InChI is InChI=1S/C21H28F6N4O7/c22-20(23,24)10-29-18(35)19(36)31-14(7-11-2-5-37-6-3-11)17(34)30-13(8-12-1-4-28-16(12)33)15(32)9-38-21(25,26)27/h11-14H,1-10H2,(H,28,33)(H,29,35)(H,30,34)(H,31,36)/t12-,13-,14?/m0/s1. The molecule has 0 saturated carbocycles. The molecular formula is C21H28F6N4O7. The number of carbonyl (C=O) groups is 5. The Balaban J connectivity index is 2.16. The molecule has 4 amide bonds. The largest absolute Gasteiger partial charge is 0.522 e. The van der Waals surface area contributed by atoms with Gasteiger partial charge in [-0.05, 0) is 38.0 Å². The SMILES string of the molecule is O=C(NCC(F)(F)F)C(=O)NC(CC1CCOCC1)C(=O)N[C@@H](C[C@@H]1CCNC1=O)C(=O)COC(F)(F)F. The molecule has 2 rings (SSSR count). The van der Waals surface area contributed by atoms with Crippen LogP contribution in [0.15, 0.2) is 0 Å². The Kier molecular flexibility index (Phi) is 11.3. The monoisotopic (exact) mass is 562 g/mol. The van der Waals surface area contributed by atoms with Crippen LogP contribution in [0.25, 0.3) is 0 Å². The molecule has 2 fully saturated rings. The second kappa shape index (κ2) is 13.7. The van der Waals surface area contributed by atoms with Crippen LogP contribution in [-0.4, -0.2) is 86.9 Å². The van der Waals surface area contributed by atoms with Crippen LogP contribution in [-0.2, 0) is 33.4 Å². The third-order valence-electron chi connectivity index (χ3n) is 5.95. The van der Waals surface area contributed by atoms with E-state index in [4.69, 9.17) is 4.74 Å². The lowest BCUT2D eigenvalue weighted by Gasteiger charge is -2.28. The lowest BCUT2D eigenvalue weighted by molar-refractivity contribution is -0.321. The number of halogens is 6. The summed E-state index contributed by atoms with van der Waals surface area (Å²) in [6.07, 6.45) is -9.25. The van der Waals surface area contributed by atoms with Gasteiger partial charge in [-0.1, -0.05) is 0 Å². The van der Waals surface area contributed by atoms with Crippen molar-refractivity contribution in [3.05, 3.63) is 0 Å². The van der Waals surface area contributed by atoms with Gasteiger partial charge < -0.3 is 26.0 Å². The number of rotatable bonds is 11. The number of alkyl halides is 6. The zero-order chi connectivity index (χ0) is 28.5. The maximum Gasteiger partial charge on any atom is 0.522 e. The van der Waals surface area contributed by atoms with Crippen molar-refractivity contribution in [2.45, 2.75) is 56.7 Å². The third kappa shape index (κ3) is 11.2. The Morgan fingerprint density at radius 1 is 0.947 bits per heavy atom. The summed E-state index contributed by atoms with van der Waals surface area (Å²) in [5, 5.41) is 8.11. The molecule has 2 heterocycles. The first kappa shape index (κ1) is 31.3. The number of amides is 4. The Morgan fingerprint density at radius 2 is 1.61 bits per heavy atom. The maximum atomic E-state index is 13.1. The summed E-state index contributed by atoms with van der Waals surface area (Å²) < 4.78 is 83.2. The second-order valence-corrected chi connectivity index (χ2v) is 8.89. The highest BCUT2D eigenvalue weighted by molar-refractivity contribution is 6.35. The normalized spacial score (nSPS) is 20.3. The summed E-state index contributed by atoms with van der Waals surface area (Å²) in [6.45, 7) is -2.35. The van der Waals surface area contributed by atoms with E-state index in [-0.39, 0.29) is 31.7 Å². The number of hydrogen-bond acceptors (Lipinski definition) is 7. The molecule has 0 aliphatic carbocycles. The van der Waals surface area contributed by atoms with E-state index in [1.165, 1.54) is 5.32 Å². The predicted octanol–water partition coefficient (Wildman–Crippen LogP) is 0.0829. The molecule has 2 saturated heterocycles. The van der Waals surface area contributed by atoms with Crippen molar-refractivity contribution in [1.29, 1.82) is 0 Å². The smallest absolute Gasteiger partial charge is 0.381 e. The maximum absolute atomic E-state index is 13.1. The van der Waals surface area contributed by atoms with Gasteiger partial charge in [-0.15, -0.1) is 13.2 Å². The van der Waals surface area contributed by atoms with Gasteiger partial charge in [0, 0.05) is 25.7 Å². The Hall–Kier alpha value is -2.95. The van der Waals surface area contributed by atoms with E-state index in [9.17, 15) is 50.3 Å². The number of ketones is 1. The minimum absolute atomic E-state index is 0.0998. The molecule has 0 aromatic carbocycles. The van der Waals surface area contributed by atoms with Crippen molar-refractivity contribution in [3.8, 4) is 0 Å².